The Bertz CT molecular complexity index is 1020. The third-order valence-electron chi connectivity index (χ3n) is 3.23. The molecule has 0 atom stereocenters. The van der Waals surface area contributed by atoms with Gasteiger partial charge in [0.05, 0.1) is 23.2 Å². The number of para-hydroxylation sites is 1. The fraction of sp³-hybridized carbons (Fsp3) is 0. The van der Waals surface area contributed by atoms with Gasteiger partial charge in [-0.15, -0.1) is 11.3 Å². The number of amides is 1. The molecule has 3 aromatic rings. The summed E-state index contributed by atoms with van der Waals surface area (Å²) in [6.07, 6.45) is 3.01. The van der Waals surface area contributed by atoms with Crippen LogP contribution in [0.5, 0.6) is 0 Å². The molecule has 0 unspecified atom stereocenters. The SMILES string of the molecule is O=C(N/N=C/c1ccccn1)c1ccccc1NS(=O)(=O)c1cccs1. The number of anilines is 1. The molecule has 0 radical (unpaired) electrons. The van der Waals surface area contributed by atoms with E-state index in [1.165, 1.54) is 24.4 Å². The predicted octanol–water partition coefficient (Wildman–Crippen LogP) is 2.71. The smallest absolute Gasteiger partial charge is 0.273 e. The van der Waals surface area contributed by atoms with Crippen LogP contribution in [0.2, 0.25) is 0 Å². The Morgan fingerprint density at radius 1 is 1.08 bits per heavy atom. The van der Waals surface area contributed by atoms with Gasteiger partial charge in [-0.3, -0.25) is 14.5 Å². The van der Waals surface area contributed by atoms with Crippen LogP contribution >= 0.6 is 11.3 Å². The van der Waals surface area contributed by atoms with Crippen molar-refractivity contribution in [2.75, 3.05) is 4.72 Å². The maximum absolute atomic E-state index is 12.4. The molecular weight excluding hydrogens is 372 g/mol. The zero-order valence-electron chi connectivity index (χ0n) is 13.4. The number of hydrogen-bond acceptors (Lipinski definition) is 6. The number of nitrogens with zero attached hydrogens (tertiary/aromatic N) is 2. The third kappa shape index (κ3) is 4.32. The molecule has 1 aromatic carbocycles. The van der Waals surface area contributed by atoms with E-state index in [9.17, 15) is 13.2 Å². The summed E-state index contributed by atoms with van der Waals surface area (Å²) >= 11 is 1.09. The van der Waals surface area contributed by atoms with Crippen LogP contribution in [0.25, 0.3) is 0 Å². The minimum absolute atomic E-state index is 0.158. The van der Waals surface area contributed by atoms with E-state index < -0.39 is 15.9 Å². The lowest BCUT2D eigenvalue weighted by molar-refractivity contribution is 0.0956. The number of pyridine rings is 1. The zero-order chi connectivity index (χ0) is 18.4. The Morgan fingerprint density at radius 2 is 1.88 bits per heavy atom. The fourth-order valence-electron chi connectivity index (χ4n) is 2.05. The van der Waals surface area contributed by atoms with Crippen molar-refractivity contribution in [3.63, 3.8) is 0 Å². The van der Waals surface area contributed by atoms with Crippen molar-refractivity contribution in [2.24, 2.45) is 5.10 Å². The fourth-order valence-corrected chi connectivity index (χ4v) is 4.12. The average molecular weight is 386 g/mol. The first-order chi connectivity index (χ1) is 12.6. The number of thiophene rings is 1. The van der Waals surface area contributed by atoms with Crippen molar-refractivity contribution in [1.82, 2.24) is 10.4 Å². The number of rotatable bonds is 6. The molecule has 1 amide bonds. The van der Waals surface area contributed by atoms with Crippen LogP contribution in [0.4, 0.5) is 5.69 Å². The van der Waals surface area contributed by atoms with Crippen molar-refractivity contribution in [3.05, 3.63) is 77.4 Å². The van der Waals surface area contributed by atoms with Gasteiger partial charge in [-0.05, 0) is 35.7 Å². The van der Waals surface area contributed by atoms with Crippen LogP contribution < -0.4 is 10.1 Å². The first-order valence-electron chi connectivity index (χ1n) is 7.46. The third-order valence-corrected chi connectivity index (χ3v) is 5.99. The molecule has 7 nitrogen and oxygen atoms in total. The van der Waals surface area contributed by atoms with Gasteiger partial charge in [0.2, 0.25) is 0 Å². The zero-order valence-corrected chi connectivity index (χ0v) is 15.0. The van der Waals surface area contributed by atoms with Gasteiger partial charge >= 0.3 is 0 Å². The minimum Gasteiger partial charge on any atom is -0.278 e. The molecule has 2 N–H and O–H groups in total. The standard InChI is InChI=1S/C17H14N4O3S2/c22-17(20-19-12-13-6-3-4-10-18-13)14-7-1-2-8-15(14)21-26(23,24)16-9-5-11-25-16/h1-12,21H,(H,20,22)/b19-12+. The largest absolute Gasteiger partial charge is 0.278 e. The maximum Gasteiger partial charge on any atom is 0.273 e. The number of hydrazone groups is 1. The van der Waals surface area contributed by atoms with Crippen LogP contribution in [0.3, 0.4) is 0 Å². The Labute approximate surface area is 154 Å². The van der Waals surface area contributed by atoms with Crippen LogP contribution in [-0.2, 0) is 10.0 Å². The predicted molar refractivity (Wildman–Crippen MR) is 101 cm³/mol. The van der Waals surface area contributed by atoms with E-state index >= 15 is 0 Å². The van der Waals surface area contributed by atoms with Gasteiger partial charge in [-0.1, -0.05) is 24.3 Å². The lowest BCUT2D eigenvalue weighted by Gasteiger charge is -2.10. The average Bonchev–Trinajstić information content (AvgIpc) is 3.18. The molecule has 0 fully saturated rings. The number of aromatic nitrogens is 1. The summed E-state index contributed by atoms with van der Waals surface area (Å²) in [7, 11) is -3.75. The summed E-state index contributed by atoms with van der Waals surface area (Å²) in [5, 5.41) is 5.51. The first-order valence-corrected chi connectivity index (χ1v) is 9.82. The lowest BCUT2D eigenvalue weighted by Crippen LogP contribution is -2.21. The van der Waals surface area contributed by atoms with Gasteiger partial charge in [0.25, 0.3) is 15.9 Å². The molecule has 0 saturated carbocycles. The molecule has 26 heavy (non-hydrogen) atoms. The molecule has 0 aliphatic heterocycles. The number of carbonyl (C=O) groups is 1. The number of nitrogens with one attached hydrogen (secondary N) is 2. The normalized spacial score (nSPS) is 11.4. The molecule has 2 heterocycles. The van der Waals surface area contributed by atoms with Crippen LogP contribution in [-0.4, -0.2) is 25.5 Å². The Morgan fingerprint density at radius 3 is 2.62 bits per heavy atom. The van der Waals surface area contributed by atoms with E-state index in [0.29, 0.717) is 5.69 Å². The maximum atomic E-state index is 12.4. The second kappa shape index (κ2) is 7.89. The minimum atomic E-state index is -3.75. The van der Waals surface area contributed by atoms with Gasteiger partial charge in [0, 0.05) is 6.20 Å². The Balaban J connectivity index is 1.76. The molecule has 2 aromatic heterocycles. The summed E-state index contributed by atoms with van der Waals surface area (Å²) < 4.78 is 27.3. The highest BCUT2D eigenvalue weighted by molar-refractivity contribution is 7.94. The summed E-state index contributed by atoms with van der Waals surface area (Å²) in [4.78, 5) is 16.4. The summed E-state index contributed by atoms with van der Waals surface area (Å²) in [6.45, 7) is 0. The van der Waals surface area contributed by atoms with Gasteiger partial charge in [0.1, 0.15) is 4.21 Å². The van der Waals surface area contributed by atoms with Crippen molar-refractivity contribution in [3.8, 4) is 0 Å². The van der Waals surface area contributed by atoms with Gasteiger partial charge in [-0.2, -0.15) is 5.10 Å². The van der Waals surface area contributed by atoms with Crippen molar-refractivity contribution >= 4 is 39.2 Å². The molecule has 0 bridgehead atoms. The molecular formula is C17H14N4O3S2. The highest BCUT2D eigenvalue weighted by Gasteiger charge is 2.19. The number of sulfonamides is 1. The molecule has 0 aliphatic rings. The first kappa shape index (κ1) is 17.8. The van der Waals surface area contributed by atoms with E-state index in [4.69, 9.17) is 0 Å². The summed E-state index contributed by atoms with van der Waals surface area (Å²) in [6, 6.07) is 14.7. The summed E-state index contributed by atoms with van der Waals surface area (Å²) in [5.74, 6) is -0.540. The molecule has 132 valence electrons. The Kier molecular flexibility index (Phi) is 5.40. The van der Waals surface area contributed by atoms with E-state index in [1.54, 1.807) is 48.0 Å². The lowest BCUT2D eigenvalue weighted by atomic mass is 10.2. The second-order valence-electron chi connectivity index (χ2n) is 5.04. The number of benzene rings is 1. The summed E-state index contributed by atoms with van der Waals surface area (Å²) in [5.41, 5.74) is 3.28. The van der Waals surface area contributed by atoms with Gasteiger partial charge < -0.3 is 0 Å². The van der Waals surface area contributed by atoms with Crippen molar-refractivity contribution in [2.45, 2.75) is 4.21 Å². The van der Waals surface area contributed by atoms with Crippen molar-refractivity contribution < 1.29 is 13.2 Å². The highest BCUT2D eigenvalue weighted by Crippen LogP contribution is 2.22. The van der Waals surface area contributed by atoms with Gasteiger partial charge in [-0.25, -0.2) is 13.8 Å². The monoisotopic (exact) mass is 386 g/mol. The second-order valence-corrected chi connectivity index (χ2v) is 7.89. The van der Waals surface area contributed by atoms with E-state index in [0.717, 1.165) is 11.3 Å². The van der Waals surface area contributed by atoms with Crippen LogP contribution in [0.15, 0.2) is 75.5 Å². The van der Waals surface area contributed by atoms with E-state index in [2.05, 4.69) is 20.2 Å². The van der Waals surface area contributed by atoms with Crippen molar-refractivity contribution in [1.29, 1.82) is 0 Å². The molecule has 0 spiro atoms. The molecule has 0 aliphatic carbocycles. The topological polar surface area (TPSA) is 101 Å². The quantitative estimate of drug-likeness (QED) is 0.502. The van der Waals surface area contributed by atoms with Gasteiger partial charge in [0.15, 0.2) is 0 Å². The number of carbonyl (C=O) groups excluding carboxylic acids is 1. The van der Waals surface area contributed by atoms with E-state index in [-0.39, 0.29) is 15.5 Å². The van der Waals surface area contributed by atoms with Crippen LogP contribution in [0, 0.1) is 0 Å². The number of hydrogen-bond donors (Lipinski definition) is 2. The molecule has 0 saturated heterocycles. The van der Waals surface area contributed by atoms with E-state index in [1.807, 2.05) is 0 Å². The highest BCUT2D eigenvalue weighted by atomic mass is 32.2. The molecule has 3 rings (SSSR count). The van der Waals surface area contributed by atoms with Crippen LogP contribution in [0.1, 0.15) is 16.1 Å². The Hall–Kier alpha value is -3.04. The molecule has 9 heteroatoms.